The van der Waals surface area contributed by atoms with Crippen LogP contribution in [0.5, 0.6) is 11.5 Å². The minimum absolute atomic E-state index is 0.272. The Bertz CT molecular complexity index is 997. The summed E-state index contributed by atoms with van der Waals surface area (Å²) >= 11 is 0. The fourth-order valence-corrected chi connectivity index (χ4v) is 3.27. The SMILES string of the molecule is COc1ccc(-c2n[nH]c(C3CC3)c2NC(=O)NCc2ccccc2)c(OC)c1. The number of aromatic nitrogens is 2. The van der Waals surface area contributed by atoms with Crippen molar-refractivity contribution in [2.75, 3.05) is 19.5 Å². The number of carbonyl (C=O) groups excluding carboxylic acids is 1. The maximum absolute atomic E-state index is 12.6. The van der Waals surface area contributed by atoms with E-state index >= 15 is 0 Å². The lowest BCUT2D eigenvalue weighted by atomic mass is 10.1. The summed E-state index contributed by atoms with van der Waals surface area (Å²) in [5.41, 5.74) is 4.12. The van der Waals surface area contributed by atoms with Gasteiger partial charge in [0.05, 0.1) is 25.6 Å². The van der Waals surface area contributed by atoms with Crippen LogP contribution in [-0.2, 0) is 6.54 Å². The van der Waals surface area contributed by atoms with E-state index in [1.165, 1.54) is 0 Å². The van der Waals surface area contributed by atoms with Gasteiger partial charge in [0.1, 0.15) is 17.2 Å². The normalized spacial score (nSPS) is 13.0. The Labute approximate surface area is 169 Å². The molecular weight excluding hydrogens is 368 g/mol. The standard InChI is InChI=1S/C22H24N4O3/c1-28-16-10-11-17(18(12-16)29-2)20-21(19(25-26-20)15-8-9-15)24-22(27)23-13-14-6-4-3-5-7-14/h3-7,10-12,15H,8-9,13H2,1-2H3,(H,25,26)(H2,23,24,27). The number of aromatic amines is 1. The van der Waals surface area contributed by atoms with Gasteiger partial charge < -0.3 is 20.1 Å². The van der Waals surface area contributed by atoms with Gasteiger partial charge in [-0.15, -0.1) is 0 Å². The molecule has 0 radical (unpaired) electrons. The van der Waals surface area contributed by atoms with Crippen LogP contribution in [0.1, 0.15) is 30.0 Å². The van der Waals surface area contributed by atoms with Crippen LogP contribution in [0.25, 0.3) is 11.3 Å². The number of rotatable bonds is 7. The predicted octanol–water partition coefficient (Wildman–Crippen LogP) is 4.29. The van der Waals surface area contributed by atoms with Gasteiger partial charge in [-0.1, -0.05) is 30.3 Å². The number of methoxy groups -OCH3 is 2. The van der Waals surface area contributed by atoms with E-state index in [4.69, 9.17) is 9.47 Å². The van der Waals surface area contributed by atoms with Crippen LogP contribution in [0.15, 0.2) is 48.5 Å². The second-order valence-electron chi connectivity index (χ2n) is 6.99. The molecule has 2 amide bonds. The Morgan fingerprint density at radius 1 is 1.14 bits per heavy atom. The van der Waals surface area contributed by atoms with Crippen molar-refractivity contribution in [3.8, 4) is 22.8 Å². The summed E-state index contributed by atoms with van der Waals surface area (Å²) in [5.74, 6) is 1.72. The average molecular weight is 392 g/mol. The highest BCUT2D eigenvalue weighted by Crippen LogP contribution is 2.46. The second kappa shape index (κ2) is 8.26. The molecule has 4 rings (SSSR count). The first-order chi connectivity index (χ1) is 14.2. The molecule has 3 aromatic rings. The maximum atomic E-state index is 12.6. The fraction of sp³-hybridized carbons (Fsp3) is 0.273. The van der Waals surface area contributed by atoms with Gasteiger partial charge in [-0.25, -0.2) is 4.79 Å². The molecule has 1 aromatic heterocycles. The minimum atomic E-state index is -0.272. The fourth-order valence-electron chi connectivity index (χ4n) is 3.27. The van der Waals surface area contributed by atoms with Crippen molar-refractivity contribution in [2.45, 2.75) is 25.3 Å². The molecular formula is C22H24N4O3. The first-order valence-corrected chi connectivity index (χ1v) is 9.59. The van der Waals surface area contributed by atoms with Crippen molar-refractivity contribution in [3.05, 3.63) is 59.8 Å². The molecule has 0 saturated heterocycles. The quantitative estimate of drug-likeness (QED) is 0.560. The Kier molecular flexibility index (Phi) is 5.37. The van der Waals surface area contributed by atoms with Crippen LogP contribution in [0.2, 0.25) is 0 Å². The highest BCUT2D eigenvalue weighted by molar-refractivity contribution is 5.95. The molecule has 1 aliphatic carbocycles. The van der Waals surface area contributed by atoms with Crippen LogP contribution in [0.4, 0.5) is 10.5 Å². The third-order valence-electron chi connectivity index (χ3n) is 4.98. The van der Waals surface area contributed by atoms with E-state index in [1.807, 2.05) is 42.5 Å². The van der Waals surface area contributed by atoms with Crippen LogP contribution < -0.4 is 20.1 Å². The van der Waals surface area contributed by atoms with Crippen molar-refractivity contribution < 1.29 is 14.3 Å². The van der Waals surface area contributed by atoms with Crippen molar-refractivity contribution in [3.63, 3.8) is 0 Å². The molecule has 0 unspecified atom stereocenters. The molecule has 0 spiro atoms. The first-order valence-electron chi connectivity index (χ1n) is 9.59. The van der Waals surface area contributed by atoms with Crippen LogP contribution in [-0.4, -0.2) is 30.4 Å². The lowest BCUT2D eigenvalue weighted by Crippen LogP contribution is -2.28. The Morgan fingerprint density at radius 2 is 1.93 bits per heavy atom. The Morgan fingerprint density at radius 3 is 2.62 bits per heavy atom. The molecule has 7 heteroatoms. The molecule has 2 aromatic carbocycles. The van der Waals surface area contributed by atoms with E-state index in [0.29, 0.717) is 35.3 Å². The summed E-state index contributed by atoms with van der Waals surface area (Å²) in [7, 11) is 3.21. The van der Waals surface area contributed by atoms with Crippen molar-refractivity contribution in [1.82, 2.24) is 15.5 Å². The van der Waals surface area contributed by atoms with Gasteiger partial charge >= 0.3 is 6.03 Å². The van der Waals surface area contributed by atoms with E-state index in [1.54, 1.807) is 20.3 Å². The van der Waals surface area contributed by atoms with Gasteiger partial charge in [-0.3, -0.25) is 5.10 Å². The van der Waals surface area contributed by atoms with Crippen LogP contribution in [0, 0.1) is 0 Å². The molecule has 150 valence electrons. The lowest BCUT2D eigenvalue weighted by molar-refractivity contribution is 0.251. The zero-order valence-corrected chi connectivity index (χ0v) is 16.5. The van der Waals surface area contributed by atoms with E-state index in [-0.39, 0.29) is 6.03 Å². The van der Waals surface area contributed by atoms with Crippen molar-refractivity contribution in [2.24, 2.45) is 0 Å². The highest BCUT2D eigenvalue weighted by Gasteiger charge is 2.31. The number of hydrogen-bond donors (Lipinski definition) is 3. The topological polar surface area (TPSA) is 88.3 Å². The smallest absolute Gasteiger partial charge is 0.319 e. The third-order valence-corrected chi connectivity index (χ3v) is 4.98. The second-order valence-corrected chi connectivity index (χ2v) is 6.99. The Hall–Kier alpha value is -3.48. The zero-order chi connectivity index (χ0) is 20.2. The number of hydrogen-bond acceptors (Lipinski definition) is 4. The van der Waals surface area contributed by atoms with Crippen LogP contribution in [0.3, 0.4) is 0 Å². The van der Waals surface area contributed by atoms with Crippen LogP contribution >= 0.6 is 0 Å². The van der Waals surface area contributed by atoms with Gasteiger partial charge in [0.2, 0.25) is 0 Å². The number of nitrogens with one attached hydrogen (secondary N) is 3. The summed E-state index contributed by atoms with van der Waals surface area (Å²) in [6, 6.07) is 15.1. The maximum Gasteiger partial charge on any atom is 0.319 e. The molecule has 0 bridgehead atoms. The first kappa shape index (κ1) is 18.9. The average Bonchev–Trinajstić information content (AvgIpc) is 3.53. The summed E-state index contributed by atoms with van der Waals surface area (Å²) in [5, 5.41) is 13.5. The monoisotopic (exact) mass is 392 g/mol. The molecule has 0 aliphatic heterocycles. The largest absolute Gasteiger partial charge is 0.497 e. The molecule has 1 aliphatic rings. The molecule has 1 saturated carbocycles. The summed E-state index contributed by atoms with van der Waals surface area (Å²) in [6.45, 7) is 0.449. The van der Waals surface area contributed by atoms with Crippen molar-refractivity contribution in [1.29, 1.82) is 0 Å². The van der Waals surface area contributed by atoms with E-state index in [9.17, 15) is 4.79 Å². The molecule has 29 heavy (non-hydrogen) atoms. The molecule has 1 heterocycles. The van der Waals surface area contributed by atoms with Gasteiger partial charge in [0.15, 0.2) is 0 Å². The number of ether oxygens (including phenoxy) is 2. The summed E-state index contributed by atoms with van der Waals surface area (Å²) < 4.78 is 10.8. The Balaban J connectivity index is 1.59. The van der Waals surface area contributed by atoms with Gasteiger partial charge in [0.25, 0.3) is 0 Å². The van der Waals surface area contributed by atoms with Crippen molar-refractivity contribution >= 4 is 11.7 Å². The number of urea groups is 1. The number of benzene rings is 2. The lowest BCUT2D eigenvalue weighted by Gasteiger charge is -2.12. The molecule has 0 atom stereocenters. The molecule has 3 N–H and O–H groups in total. The van der Waals surface area contributed by atoms with E-state index < -0.39 is 0 Å². The third kappa shape index (κ3) is 4.18. The van der Waals surface area contributed by atoms with E-state index in [0.717, 1.165) is 29.7 Å². The number of nitrogens with zero attached hydrogens (tertiary/aromatic N) is 1. The van der Waals surface area contributed by atoms with Gasteiger partial charge in [0, 0.05) is 24.1 Å². The van der Waals surface area contributed by atoms with E-state index in [2.05, 4.69) is 20.8 Å². The predicted molar refractivity (Wildman–Crippen MR) is 111 cm³/mol. The molecule has 1 fully saturated rings. The number of carbonyl (C=O) groups is 1. The van der Waals surface area contributed by atoms with Gasteiger partial charge in [-0.2, -0.15) is 5.10 Å². The molecule has 7 nitrogen and oxygen atoms in total. The number of amides is 2. The zero-order valence-electron chi connectivity index (χ0n) is 16.5. The number of anilines is 1. The highest BCUT2D eigenvalue weighted by atomic mass is 16.5. The van der Waals surface area contributed by atoms with Gasteiger partial charge in [-0.05, 0) is 30.5 Å². The minimum Gasteiger partial charge on any atom is -0.497 e. The number of H-pyrrole nitrogens is 1. The summed E-state index contributed by atoms with van der Waals surface area (Å²) in [6.07, 6.45) is 2.17. The summed E-state index contributed by atoms with van der Waals surface area (Å²) in [4.78, 5) is 12.6.